The van der Waals surface area contributed by atoms with Gasteiger partial charge >= 0.3 is 0 Å². The summed E-state index contributed by atoms with van der Waals surface area (Å²) < 4.78 is 2.12. The van der Waals surface area contributed by atoms with E-state index in [-0.39, 0.29) is 0 Å². The molecule has 0 spiro atoms. The number of nitrogens with zero attached hydrogens (tertiary/aromatic N) is 2. The minimum atomic E-state index is 0.937. The number of anilines is 1. The Morgan fingerprint density at radius 1 is 1.28 bits per heavy atom. The number of aromatic nitrogens is 2. The minimum Gasteiger partial charge on any atom is -0.355 e. The third kappa shape index (κ3) is 2.92. The van der Waals surface area contributed by atoms with Crippen molar-refractivity contribution in [3.8, 4) is 5.69 Å². The maximum Gasteiger partial charge on any atom is 0.207 e. The summed E-state index contributed by atoms with van der Waals surface area (Å²) in [6, 6.07) is 8.47. The highest BCUT2D eigenvalue weighted by Crippen LogP contribution is 2.17. The molecule has 0 aliphatic carbocycles. The van der Waals surface area contributed by atoms with E-state index in [0.29, 0.717) is 0 Å². The van der Waals surface area contributed by atoms with E-state index < -0.39 is 0 Å². The third-order valence-electron chi connectivity index (χ3n) is 2.92. The number of benzene rings is 1. The zero-order valence-electron chi connectivity index (χ0n) is 11.4. The average molecular weight is 243 g/mol. The van der Waals surface area contributed by atoms with Gasteiger partial charge < -0.3 is 5.32 Å². The maximum atomic E-state index is 4.54. The molecular formula is C15H21N3. The second kappa shape index (κ2) is 5.71. The van der Waals surface area contributed by atoms with Gasteiger partial charge in [-0.2, -0.15) is 0 Å². The molecule has 96 valence electrons. The molecule has 1 N–H and O–H groups in total. The van der Waals surface area contributed by atoms with Crippen LogP contribution in [-0.4, -0.2) is 16.1 Å². The number of aryl methyl sites for hydroxylation is 2. The van der Waals surface area contributed by atoms with Crippen LogP contribution in [0.5, 0.6) is 0 Å². The van der Waals surface area contributed by atoms with E-state index in [1.165, 1.54) is 18.4 Å². The molecule has 1 aromatic heterocycles. The van der Waals surface area contributed by atoms with Crippen LogP contribution in [0.4, 0.5) is 5.95 Å². The Morgan fingerprint density at radius 2 is 2.11 bits per heavy atom. The summed E-state index contributed by atoms with van der Waals surface area (Å²) in [5.41, 5.74) is 3.46. The second-order valence-electron chi connectivity index (χ2n) is 4.70. The van der Waals surface area contributed by atoms with Gasteiger partial charge in [0.05, 0.1) is 5.69 Å². The second-order valence-corrected chi connectivity index (χ2v) is 4.70. The molecule has 2 rings (SSSR count). The van der Waals surface area contributed by atoms with Gasteiger partial charge in [0, 0.05) is 18.4 Å². The van der Waals surface area contributed by atoms with Crippen LogP contribution in [0.25, 0.3) is 5.69 Å². The van der Waals surface area contributed by atoms with Gasteiger partial charge in [-0.15, -0.1) is 0 Å². The number of nitrogens with one attached hydrogen (secondary N) is 1. The summed E-state index contributed by atoms with van der Waals surface area (Å²) in [6.07, 6.45) is 4.43. The van der Waals surface area contributed by atoms with Gasteiger partial charge in [0.2, 0.25) is 5.95 Å². The fourth-order valence-corrected chi connectivity index (χ4v) is 1.97. The Morgan fingerprint density at radius 3 is 2.83 bits per heavy atom. The number of hydrogen-bond acceptors (Lipinski definition) is 2. The smallest absolute Gasteiger partial charge is 0.207 e. The summed E-state index contributed by atoms with van der Waals surface area (Å²) in [4.78, 5) is 4.54. The van der Waals surface area contributed by atoms with E-state index in [1.54, 1.807) is 0 Å². The van der Waals surface area contributed by atoms with Crippen LogP contribution in [0.3, 0.4) is 0 Å². The Kier molecular flexibility index (Phi) is 4.03. The van der Waals surface area contributed by atoms with Crippen molar-refractivity contribution in [3.63, 3.8) is 0 Å². The topological polar surface area (TPSA) is 29.9 Å². The lowest BCUT2D eigenvalue weighted by Gasteiger charge is -2.09. The van der Waals surface area contributed by atoms with Crippen LogP contribution in [0.1, 0.15) is 31.0 Å². The van der Waals surface area contributed by atoms with E-state index >= 15 is 0 Å². The highest BCUT2D eigenvalue weighted by Gasteiger charge is 2.06. The molecule has 2 aromatic rings. The fraction of sp³-hybridized carbons (Fsp3) is 0.400. The van der Waals surface area contributed by atoms with E-state index in [9.17, 15) is 0 Å². The number of rotatable bonds is 5. The molecule has 0 unspecified atom stereocenters. The molecule has 0 bridgehead atoms. The van der Waals surface area contributed by atoms with Gasteiger partial charge in [0.1, 0.15) is 0 Å². The third-order valence-corrected chi connectivity index (χ3v) is 2.92. The SMILES string of the molecule is CCCCNc1nc(C)cn1-c1cccc(C)c1. The van der Waals surface area contributed by atoms with Gasteiger partial charge in [-0.05, 0) is 38.0 Å². The first-order valence-electron chi connectivity index (χ1n) is 6.57. The summed E-state index contributed by atoms with van der Waals surface area (Å²) in [7, 11) is 0. The van der Waals surface area contributed by atoms with Crippen molar-refractivity contribution in [3.05, 3.63) is 41.7 Å². The lowest BCUT2D eigenvalue weighted by atomic mass is 10.2. The van der Waals surface area contributed by atoms with Crippen LogP contribution in [-0.2, 0) is 0 Å². The van der Waals surface area contributed by atoms with Gasteiger partial charge in [0.15, 0.2) is 0 Å². The zero-order valence-corrected chi connectivity index (χ0v) is 11.4. The minimum absolute atomic E-state index is 0.937. The normalized spacial score (nSPS) is 10.6. The Balaban J connectivity index is 2.26. The van der Waals surface area contributed by atoms with E-state index in [0.717, 1.165) is 23.9 Å². The predicted molar refractivity (Wildman–Crippen MR) is 76.4 cm³/mol. The Bertz CT molecular complexity index is 514. The van der Waals surface area contributed by atoms with Gasteiger partial charge in [-0.3, -0.25) is 4.57 Å². The molecule has 1 aromatic carbocycles. The molecule has 3 heteroatoms. The van der Waals surface area contributed by atoms with Crippen molar-refractivity contribution in [2.45, 2.75) is 33.6 Å². The van der Waals surface area contributed by atoms with E-state index in [4.69, 9.17) is 0 Å². The first kappa shape index (κ1) is 12.7. The Hall–Kier alpha value is -1.77. The van der Waals surface area contributed by atoms with Gasteiger partial charge in [-0.25, -0.2) is 4.98 Å². The molecule has 0 atom stereocenters. The molecule has 0 aliphatic rings. The van der Waals surface area contributed by atoms with Crippen LogP contribution < -0.4 is 5.32 Å². The number of imidazole rings is 1. The molecule has 0 aliphatic heterocycles. The molecule has 18 heavy (non-hydrogen) atoms. The monoisotopic (exact) mass is 243 g/mol. The average Bonchev–Trinajstić information content (AvgIpc) is 2.71. The lowest BCUT2D eigenvalue weighted by molar-refractivity contribution is 0.823. The molecule has 0 fully saturated rings. The standard InChI is InChI=1S/C15H21N3/c1-4-5-9-16-15-17-13(3)11-18(15)14-8-6-7-12(2)10-14/h6-8,10-11H,4-5,9H2,1-3H3,(H,16,17). The molecular weight excluding hydrogens is 222 g/mol. The zero-order chi connectivity index (χ0) is 13.0. The molecule has 1 heterocycles. The quantitative estimate of drug-likeness (QED) is 0.811. The highest BCUT2D eigenvalue weighted by atomic mass is 15.2. The fourth-order valence-electron chi connectivity index (χ4n) is 1.97. The van der Waals surface area contributed by atoms with Crippen molar-refractivity contribution in [2.75, 3.05) is 11.9 Å². The van der Waals surface area contributed by atoms with Crippen LogP contribution >= 0.6 is 0 Å². The van der Waals surface area contributed by atoms with Crippen molar-refractivity contribution in [1.29, 1.82) is 0 Å². The first-order chi connectivity index (χ1) is 8.70. The molecule has 0 radical (unpaired) electrons. The van der Waals surface area contributed by atoms with Crippen LogP contribution in [0, 0.1) is 13.8 Å². The Labute approximate surface area is 109 Å². The van der Waals surface area contributed by atoms with Crippen molar-refractivity contribution in [2.24, 2.45) is 0 Å². The number of unbranched alkanes of at least 4 members (excludes halogenated alkanes) is 1. The molecule has 0 saturated heterocycles. The molecule has 0 amide bonds. The number of hydrogen-bond donors (Lipinski definition) is 1. The summed E-state index contributed by atoms with van der Waals surface area (Å²) >= 11 is 0. The maximum absolute atomic E-state index is 4.54. The van der Waals surface area contributed by atoms with E-state index in [2.05, 4.69) is 59.2 Å². The molecule has 3 nitrogen and oxygen atoms in total. The largest absolute Gasteiger partial charge is 0.355 e. The molecule has 0 saturated carbocycles. The van der Waals surface area contributed by atoms with E-state index in [1.807, 2.05) is 6.92 Å². The van der Waals surface area contributed by atoms with Crippen LogP contribution in [0.2, 0.25) is 0 Å². The summed E-state index contributed by atoms with van der Waals surface area (Å²) in [6.45, 7) is 7.30. The summed E-state index contributed by atoms with van der Waals surface area (Å²) in [5.74, 6) is 0.937. The highest BCUT2D eigenvalue weighted by molar-refractivity contribution is 5.44. The van der Waals surface area contributed by atoms with Crippen molar-refractivity contribution < 1.29 is 0 Å². The van der Waals surface area contributed by atoms with Gasteiger partial charge in [0.25, 0.3) is 0 Å². The van der Waals surface area contributed by atoms with Crippen molar-refractivity contribution in [1.82, 2.24) is 9.55 Å². The summed E-state index contributed by atoms with van der Waals surface area (Å²) in [5, 5.41) is 3.40. The lowest BCUT2D eigenvalue weighted by Crippen LogP contribution is -2.07. The first-order valence-corrected chi connectivity index (χ1v) is 6.57. The van der Waals surface area contributed by atoms with Crippen LogP contribution in [0.15, 0.2) is 30.5 Å². The predicted octanol–water partition coefficient (Wildman–Crippen LogP) is 3.70. The van der Waals surface area contributed by atoms with Crippen molar-refractivity contribution >= 4 is 5.95 Å². The van der Waals surface area contributed by atoms with Gasteiger partial charge in [-0.1, -0.05) is 25.5 Å².